The molecule has 29 heavy (non-hydrogen) atoms. The molecule has 0 spiro atoms. The van der Waals surface area contributed by atoms with E-state index >= 15 is 0 Å². The molecule has 0 aromatic carbocycles. The van der Waals surface area contributed by atoms with Crippen molar-refractivity contribution in [2.75, 3.05) is 6.54 Å². The van der Waals surface area contributed by atoms with Crippen LogP contribution in [0.3, 0.4) is 0 Å². The number of urea groups is 1. The third-order valence-electron chi connectivity index (χ3n) is 4.82. The third-order valence-corrected chi connectivity index (χ3v) is 4.82. The number of rotatable bonds is 6. The quantitative estimate of drug-likeness (QED) is 0.678. The van der Waals surface area contributed by atoms with Crippen molar-refractivity contribution in [2.24, 2.45) is 0 Å². The Morgan fingerprint density at radius 1 is 1.10 bits per heavy atom. The Morgan fingerprint density at radius 2 is 1.86 bits per heavy atom. The second kappa shape index (κ2) is 9.10. The molecule has 2 heterocycles. The molecule has 11 heteroatoms. The van der Waals surface area contributed by atoms with E-state index in [-0.39, 0.29) is 49.0 Å². The summed E-state index contributed by atoms with van der Waals surface area (Å²) in [5, 5.41) is 15.7. The lowest BCUT2D eigenvalue weighted by molar-refractivity contribution is -0.137. The number of amides is 3. The molecule has 2 aromatic rings. The van der Waals surface area contributed by atoms with Gasteiger partial charge in [0.2, 0.25) is 5.91 Å². The normalized spacial score (nSPS) is 15.3. The van der Waals surface area contributed by atoms with Crippen LogP contribution in [0.25, 0.3) is 5.65 Å². The van der Waals surface area contributed by atoms with Crippen LogP contribution in [-0.4, -0.2) is 39.1 Å². The van der Waals surface area contributed by atoms with Crippen LogP contribution in [0.2, 0.25) is 0 Å². The Labute approximate surface area is 165 Å². The zero-order chi connectivity index (χ0) is 20.9. The van der Waals surface area contributed by atoms with Gasteiger partial charge in [0.25, 0.3) is 0 Å². The van der Waals surface area contributed by atoms with Crippen LogP contribution in [0.4, 0.5) is 18.0 Å². The summed E-state index contributed by atoms with van der Waals surface area (Å²) in [5.41, 5.74) is -0.575. The van der Waals surface area contributed by atoms with Crippen molar-refractivity contribution < 1.29 is 22.8 Å². The Morgan fingerprint density at radius 3 is 2.59 bits per heavy atom. The Bertz CT molecular complexity index is 861. The smallest absolute Gasteiger partial charge is 0.349 e. The summed E-state index contributed by atoms with van der Waals surface area (Å²) in [5.74, 6) is -0.172. The van der Waals surface area contributed by atoms with Gasteiger partial charge in [-0.2, -0.15) is 13.2 Å². The minimum absolute atomic E-state index is 0.0443. The van der Waals surface area contributed by atoms with Gasteiger partial charge in [0.1, 0.15) is 0 Å². The van der Waals surface area contributed by atoms with Crippen molar-refractivity contribution in [1.82, 2.24) is 30.5 Å². The highest BCUT2D eigenvalue weighted by molar-refractivity contribution is 5.78. The Balaban J connectivity index is 1.44. The van der Waals surface area contributed by atoms with E-state index in [1.165, 1.54) is 16.9 Å². The number of nitrogens with zero attached hydrogens (tertiary/aromatic N) is 3. The summed E-state index contributed by atoms with van der Waals surface area (Å²) >= 11 is 0. The van der Waals surface area contributed by atoms with Crippen molar-refractivity contribution in [3.8, 4) is 0 Å². The minimum Gasteiger partial charge on any atom is -0.349 e. The average molecular weight is 412 g/mol. The monoisotopic (exact) mass is 412 g/mol. The molecule has 0 atom stereocenters. The molecule has 1 saturated carbocycles. The number of carbonyl (C=O) groups excluding carboxylic acids is 2. The highest BCUT2D eigenvalue weighted by Gasteiger charge is 2.31. The number of alkyl halides is 3. The lowest BCUT2D eigenvalue weighted by Crippen LogP contribution is -2.43. The van der Waals surface area contributed by atoms with Crippen LogP contribution < -0.4 is 16.0 Å². The maximum atomic E-state index is 12.9. The molecule has 0 saturated heterocycles. The summed E-state index contributed by atoms with van der Waals surface area (Å²) < 4.78 is 39.8. The number of fused-ring (bicyclic) bond motifs is 1. The average Bonchev–Trinajstić information content (AvgIpc) is 3.09. The molecule has 1 aliphatic rings. The first-order valence-corrected chi connectivity index (χ1v) is 9.55. The molecule has 0 unspecified atom stereocenters. The first-order valence-electron chi connectivity index (χ1n) is 9.55. The van der Waals surface area contributed by atoms with E-state index in [2.05, 4.69) is 26.1 Å². The second-order valence-corrected chi connectivity index (χ2v) is 7.02. The molecule has 8 nitrogen and oxygen atoms in total. The van der Waals surface area contributed by atoms with Crippen molar-refractivity contribution in [3.05, 3.63) is 29.7 Å². The molecule has 1 aliphatic carbocycles. The van der Waals surface area contributed by atoms with Gasteiger partial charge in [-0.05, 0) is 25.0 Å². The largest absolute Gasteiger partial charge is 0.417 e. The van der Waals surface area contributed by atoms with Crippen molar-refractivity contribution in [1.29, 1.82) is 0 Å². The van der Waals surface area contributed by atoms with Crippen molar-refractivity contribution in [2.45, 2.75) is 57.3 Å². The topological polar surface area (TPSA) is 100 Å². The zero-order valence-electron chi connectivity index (χ0n) is 15.8. The number of nitrogens with one attached hydrogen (secondary N) is 3. The second-order valence-electron chi connectivity index (χ2n) is 7.02. The van der Waals surface area contributed by atoms with E-state index in [9.17, 15) is 22.8 Å². The molecule has 2 aromatic heterocycles. The Hall–Kier alpha value is -2.85. The number of aromatic nitrogens is 3. The number of hydrogen-bond donors (Lipinski definition) is 3. The summed E-state index contributed by atoms with van der Waals surface area (Å²) in [7, 11) is 0. The van der Waals surface area contributed by atoms with Gasteiger partial charge >= 0.3 is 12.2 Å². The van der Waals surface area contributed by atoms with E-state index in [1.807, 2.05) is 0 Å². The predicted octanol–water partition coefficient (Wildman–Crippen LogP) is 2.39. The first-order chi connectivity index (χ1) is 13.8. The van der Waals surface area contributed by atoms with E-state index in [1.54, 1.807) is 0 Å². The van der Waals surface area contributed by atoms with Gasteiger partial charge < -0.3 is 16.0 Å². The SMILES string of the molecule is O=C(CCNC(=O)NC1CCCCC1)NCc1nnc2ccc(C(F)(F)F)cn12. The molecule has 3 rings (SSSR count). The van der Waals surface area contributed by atoms with E-state index < -0.39 is 11.7 Å². The standard InChI is InChI=1S/C18H23F3N6O2/c19-18(20,21)12-6-7-14-25-26-15(27(14)11-12)10-23-16(28)8-9-22-17(29)24-13-4-2-1-3-5-13/h6-7,11,13H,1-5,8-10H2,(H,23,28)(H2,22,24,29). The van der Waals surface area contributed by atoms with Crippen molar-refractivity contribution >= 4 is 17.6 Å². The zero-order valence-corrected chi connectivity index (χ0v) is 15.8. The maximum Gasteiger partial charge on any atom is 0.417 e. The van der Waals surface area contributed by atoms with Gasteiger partial charge in [-0.25, -0.2) is 4.79 Å². The van der Waals surface area contributed by atoms with Gasteiger partial charge in [0.05, 0.1) is 12.1 Å². The van der Waals surface area contributed by atoms with E-state index in [4.69, 9.17) is 0 Å². The van der Waals surface area contributed by atoms with Gasteiger partial charge in [0, 0.05) is 25.2 Å². The van der Waals surface area contributed by atoms with Crippen LogP contribution in [0.1, 0.15) is 49.9 Å². The number of pyridine rings is 1. The van der Waals surface area contributed by atoms with Gasteiger partial charge in [-0.1, -0.05) is 19.3 Å². The van der Waals surface area contributed by atoms with Crippen LogP contribution in [0.15, 0.2) is 18.3 Å². The maximum absolute atomic E-state index is 12.9. The summed E-state index contributed by atoms with van der Waals surface area (Å²) in [6.45, 7) is 0.0821. The van der Waals surface area contributed by atoms with Gasteiger partial charge in [-0.3, -0.25) is 9.20 Å². The molecular weight excluding hydrogens is 389 g/mol. The first kappa shape index (κ1) is 20.9. The van der Waals surface area contributed by atoms with Crippen LogP contribution in [0.5, 0.6) is 0 Å². The van der Waals surface area contributed by atoms with Gasteiger partial charge in [0.15, 0.2) is 11.5 Å². The molecule has 1 fully saturated rings. The highest BCUT2D eigenvalue weighted by Crippen LogP contribution is 2.29. The summed E-state index contributed by atoms with van der Waals surface area (Å²) in [6, 6.07) is 2.03. The predicted molar refractivity (Wildman–Crippen MR) is 97.9 cm³/mol. The minimum atomic E-state index is -4.48. The van der Waals surface area contributed by atoms with Crippen LogP contribution >= 0.6 is 0 Å². The van der Waals surface area contributed by atoms with Crippen molar-refractivity contribution in [3.63, 3.8) is 0 Å². The number of carbonyl (C=O) groups is 2. The van der Waals surface area contributed by atoms with E-state index in [0.717, 1.165) is 37.9 Å². The number of hydrogen-bond acceptors (Lipinski definition) is 4. The lowest BCUT2D eigenvalue weighted by Gasteiger charge is -2.22. The molecule has 158 valence electrons. The summed E-state index contributed by atoms with van der Waals surface area (Å²) in [6.07, 6.45) is 1.80. The molecule has 0 aliphatic heterocycles. The lowest BCUT2D eigenvalue weighted by atomic mass is 9.96. The number of halogens is 3. The van der Waals surface area contributed by atoms with Gasteiger partial charge in [-0.15, -0.1) is 10.2 Å². The fraction of sp³-hybridized carbons (Fsp3) is 0.556. The van der Waals surface area contributed by atoms with Crippen LogP contribution in [0, 0.1) is 0 Å². The molecule has 0 radical (unpaired) electrons. The summed E-state index contributed by atoms with van der Waals surface area (Å²) in [4.78, 5) is 23.8. The van der Waals surface area contributed by atoms with Crippen LogP contribution in [-0.2, 0) is 17.5 Å². The fourth-order valence-corrected chi connectivity index (χ4v) is 3.27. The Kier molecular flexibility index (Phi) is 6.55. The molecule has 0 bridgehead atoms. The molecule has 3 amide bonds. The highest BCUT2D eigenvalue weighted by atomic mass is 19.4. The molecule has 3 N–H and O–H groups in total. The third kappa shape index (κ3) is 5.81. The molecular formula is C18H23F3N6O2. The fourth-order valence-electron chi connectivity index (χ4n) is 3.27. The van der Waals surface area contributed by atoms with E-state index in [0.29, 0.717) is 0 Å².